The van der Waals surface area contributed by atoms with Crippen LogP contribution in [0.5, 0.6) is 0 Å². The van der Waals surface area contributed by atoms with Crippen molar-refractivity contribution in [1.29, 1.82) is 0 Å². The second-order valence-electron chi connectivity index (χ2n) is 4.76. The Morgan fingerprint density at radius 1 is 1.39 bits per heavy atom. The van der Waals surface area contributed by atoms with Crippen molar-refractivity contribution < 1.29 is 14.6 Å². The minimum atomic E-state index is -1.28. The summed E-state index contributed by atoms with van der Waals surface area (Å²) in [6.45, 7) is 3.25. The van der Waals surface area contributed by atoms with E-state index in [-0.39, 0.29) is 17.9 Å². The van der Waals surface area contributed by atoms with E-state index in [0.29, 0.717) is 30.6 Å². The predicted octanol–water partition coefficient (Wildman–Crippen LogP) is 1.05. The molecule has 1 heterocycles. The molecule has 6 nitrogen and oxygen atoms in total. The monoisotopic (exact) mass is 314 g/mol. The summed E-state index contributed by atoms with van der Waals surface area (Å²) in [6, 6.07) is 6.91. The van der Waals surface area contributed by atoms with Gasteiger partial charge in [0.15, 0.2) is 0 Å². The summed E-state index contributed by atoms with van der Waals surface area (Å²) in [5.74, 6) is 4.24. The highest BCUT2D eigenvalue weighted by molar-refractivity contribution is 5.95. The van der Waals surface area contributed by atoms with Crippen LogP contribution in [-0.4, -0.2) is 35.4 Å². The number of aromatic carboxylic acids is 1. The van der Waals surface area contributed by atoms with Gasteiger partial charge in [0.05, 0.1) is 12.1 Å². The fourth-order valence-electron chi connectivity index (χ4n) is 2.38. The fraction of sp³-hybridized carbons (Fsp3) is 0.294. The van der Waals surface area contributed by atoms with Crippen molar-refractivity contribution in [3.63, 3.8) is 0 Å². The van der Waals surface area contributed by atoms with Crippen LogP contribution in [0, 0.1) is 11.8 Å². The Labute approximate surface area is 133 Å². The summed E-state index contributed by atoms with van der Waals surface area (Å²) in [5.41, 5.74) is 5.34. The molecule has 0 saturated carbocycles. The van der Waals surface area contributed by atoms with Crippen molar-refractivity contribution in [2.45, 2.75) is 13.5 Å². The van der Waals surface area contributed by atoms with Gasteiger partial charge in [-0.15, -0.1) is 0 Å². The quantitative estimate of drug-likeness (QED) is 0.635. The van der Waals surface area contributed by atoms with E-state index in [4.69, 9.17) is 10.5 Å². The molecule has 0 aliphatic carbocycles. The minimum absolute atomic E-state index is 0.126. The molecule has 0 amide bonds. The molecule has 23 heavy (non-hydrogen) atoms. The second kappa shape index (κ2) is 7.58. The van der Waals surface area contributed by atoms with E-state index in [2.05, 4.69) is 11.8 Å². The number of nitrogens with two attached hydrogens (primary N) is 1. The van der Waals surface area contributed by atoms with Crippen molar-refractivity contribution in [2.75, 3.05) is 19.8 Å². The van der Waals surface area contributed by atoms with Crippen LogP contribution in [0.15, 0.2) is 29.1 Å². The summed E-state index contributed by atoms with van der Waals surface area (Å²) in [4.78, 5) is 24.0. The molecule has 0 unspecified atom stereocenters. The molecule has 0 saturated heterocycles. The molecule has 2 rings (SSSR count). The van der Waals surface area contributed by atoms with Crippen molar-refractivity contribution in [1.82, 2.24) is 4.57 Å². The third-order valence-electron chi connectivity index (χ3n) is 3.35. The number of ether oxygens (including phenoxy) is 1. The molecule has 1 aromatic carbocycles. The molecule has 0 fully saturated rings. The maximum Gasteiger partial charge on any atom is 0.342 e. The first kappa shape index (κ1) is 16.7. The lowest BCUT2D eigenvalue weighted by Gasteiger charge is -2.13. The van der Waals surface area contributed by atoms with E-state index in [1.807, 2.05) is 6.92 Å². The highest BCUT2D eigenvalue weighted by Gasteiger charge is 2.20. The fourth-order valence-corrected chi connectivity index (χ4v) is 2.38. The average Bonchev–Trinajstić information content (AvgIpc) is 2.54. The van der Waals surface area contributed by atoms with E-state index in [9.17, 15) is 14.7 Å². The molecule has 0 spiro atoms. The van der Waals surface area contributed by atoms with Crippen LogP contribution < -0.4 is 11.2 Å². The van der Waals surface area contributed by atoms with E-state index in [1.54, 1.807) is 28.8 Å². The van der Waals surface area contributed by atoms with Crippen molar-refractivity contribution in [2.24, 2.45) is 5.73 Å². The molecule has 2 aromatic rings. The first-order valence-electron chi connectivity index (χ1n) is 7.27. The topological polar surface area (TPSA) is 94.6 Å². The van der Waals surface area contributed by atoms with E-state index in [0.717, 1.165) is 0 Å². The standard InChI is InChI=1S/C17H18N2O4/c1-2-19-13-7-4-3-6-12(13)16(20)15(17(21)22)14(19)8-5-10-23-11-9-18/h3-4,6-7H,2,9-11,18H2,1H3,(H,21,22). The maximum atomic E-state index is 12.5. The Kier molecular flexibility index (Phi) is 5.52. The van der Waals surface area contributed by atoms with Gasteiger partial charge in [0.2, 0.25) is 5.43 Å². The number of carbonyl (C=O) groups is 1. The zero-order chi connectivity index (χ0) is 16.8. The minimum Gasteiger partial charge on any atom is -0.477 e. The molecule has 6 heteroatoms. The zero-order valence-corrected chi connectivity index (χ0v) is 12.8. The summed E-state index contributed by atoms with van der Waals surface area (Å²) >= 11 is 0. The summed E-state index contributed by atoms with van der Waals surface area (Å²) in [7, 11) is 0. The lowest BCUT2D eigenvalue weighted by Crippen LogP contribution is -2.23. The summed E-state index contributed by atoms with van der Waals surface area (Å²) in [5, 5.41) is 9.81. The maximum absolute atomic E-state index is 12.5. The Hall–Kier alpha value is -2.62. The molecule has 120 valence electrons. The largest absolute Gasteiger partial charge is 0.477 e. The number of fused-ring (bicyclic) bond motifs is 1. The number of aromatic nitrogens is 1. The molecule has 1 aromatic heterocycles. The van der Waals surface area contributed by atoms with Crippen LogP contribution in [0.2, 0.25) is 0 Å². The Morgan fingerprint density at radius 3 is 2.78 bits per heavy atom. The van der Waals surface area contributed by atoms with Gasteiger partial charge in [-0.2, -0.15) is 0 Å². The van der Waals surface area contributed by atoms with E-state index < -0.39 is 11.4 Å². The summed E-state index contributed by atoms with van der Waals surface area (Å²) in [6.07, 6.45) is 0. The Morgan fingerprint density at radius 2 is 2.13 bits per heavy atom. The van der Waals surface area contributed by atoms with E-state index in [1.165, 1.54) is 0 Å². The first-order valence-corrected chi connectivity index (χ1v) is 7.27. The lowest BCUT2D eigenvalue weighted by molar-refractivity contribution is 0.0694. The van der Waals surface area contributed by atoms with Crippen LogP contribution >= 0.6 is 0 Å². The molecule has 0 bridgehead atoms. The van der Waals surface area contributed by atoms with Crippen LogP contribution in [0.1, 0.15) is 23.0 Å². The van der Waals surface area contributed by atoms with Gasteiger partial charge in [-0.05, 0) is 25.0 Å². The van der Waals surface area contributed by atoms with Crippen LogP contribution in [-0.2, 0) is 11.3 Å². The molecule has 0 radical (unpaired) electrons. The van der Waals surface area contributed by atoms with Gasteiger partial charge in [-0.1, -0.05) is 18.1 Å². The van der Waals surface area contributed by atoms with Crippen molar-refractivity contribution >= 4 is 16.9 Å². The summed E-state index contributed by atoms with van der Waals surface area (Å²) < 4.78 is 6.89. The SMILES string of the molecule is CCn1c(C#CCOCCN)c(C(=O)O)c(=O)c2ccccc21. The Bertz CT molecular complexity index is 843. The second-order valence-corrected chi connectivity index (χ2v) is 4.76. The highest BCUT2D eigenvalue weighted by Crippen LogP contribution is 2.16. The van der Waals surface area contributed by atoms with Gasteiger partial charge < -0.3 is 20.1 Å². The highest BCUT2D eigenvalue weighted by atomic mass is 16.5. The number of pyridine rings is 1. The van der Waals surface area contributed by atoms with Gasteiger partial charge in [-0.25, -0.2) is 4.79 Å². The number of rotatable bonds is 5. The van der Waals surface area contributed by atoms with Gasteiger partial charge in [-0.3, -0.25) is 4.79 Å². The number of carboxylic acids is 1. The molecule has 0 aliphatic rings. The van der Waals surface area contributed by atoms with Gasteiger partial charge in [0.25, 0.3) is 0 Å². The third-order valence-corrected chi connectivity index (χ3v) is 3.35. The number of hydrogen-bond donors (Lipinski definition) is 2. The molecule has 0 aliphatic heterocycles. The molecule has 0 atom stereocenters. The van der Waals surface area contributed by atoms with Crippen LogP contribution in [0.4, 0.5) is 0 Å². The number of hydrogen-bond acceptors (Lipinski definition) is 4. The number of aryl methyl sites for hydroxylation is 1. The van der Waals surface area contributed by atoms with Crippen LogP contribution in [0.3, 0.4) is 0 Å². The smallest absolute Gasteiger partial charge is 0.342 e. The number of nitrogens with zero attached hydrogens (tertiary/aromatic N) is 1. The first-order chi connectivity index (χ1) is 11.1. The molecular weight excluding hydrogens is 296 g/mol. The number of para-hydroxylation sites is 1. The normalized spacial score (nSPS) is 10.3. The van der Waals surface area contributed by atoms with Crippen LogP contribution in [0.25, 0.3) is 10.9 Å². The van der Waals surface area contributed by atoms with Gasteiger partial charge in [0, 0.05) is 18.5 Å². The molecular formula is C17H18N2O4. The predicted molar refractivity (Wildman–Crippen MR) is 87.6 cm³/mol. The third kappa shape index (κ3) is 3.42. The Balaban J connectivity index is 2.67. The van der Waals surface area contributed by atoms with E-state index >= 15 is 0 Å². The van der Waals surface area contributed by atoms with Crippen molar-refractivity contribution in [3.8, 4) is 11.8 Å². The number of benzene rings is 1. The van der Waals surface area contributed by atoms with Gasteiger partial charge >= 0.3 is 5.97 Å². The number of carboxylic acid groups (broad SMARTS) is 1. The van der Waals surface area contributed by atoms with Gasteiger partial charge in [0.1, 0.15) is 17.9 Å². The zero-order valence-electron chi connectivity index (χ0n) is 12.8. The average molecular weight is 314 g/mol. The lowest BCUT2D eigenvalue weighted by atomic mass is 10.1. The molecule has 3 N–H and O–H groups in total. The van der Waals surface area contributed by atoms with Crippen molar-refractivity contribution in [3.05, 3.63) is 45.7 Å².